The highest BCUT2D eigenvalue weighted by atomic mass is 35.5. The number of halogens is 1. The molecule has 0 fully saturated rings. The van der Waals surface area contributed by atoms with Gasteiger partial charge in [-0.2, -0.15) is 0 Å². The van der Waals surface area contributed by atoms with Crippen LogP contribution >= 0.6 is 11.6 Å². The number of hydrogen-bond acceptors (Lipinski definition) is 4. The molecule has 0 aromatic heterocycles. The van der Waals surface area contributed by atoms with Crippen molar-refractivity contribution in [2.24, 2.45) is 0 Å². The normalized spacial score (nSPS) is 10.4. The van der Waals surface area contributed by atoms with Crippen molar-refractivity contribution in [3.8, 4) is 0 Å². The van der Waals surface area contributed by atoms with E-state index in [9.17, 15) is 14.9 Å². The van der Waals surface area contributed by atoms with E-state index in [1.807, 2.05) is 13.8 Å². The van der Waals surface area contributed by atoms with Gasteiger partial charge in [-0.25, -0.2) is 0 Å². The van der Waals surface area contributed by atoms with Crippen LogP contribution in [0.1, 0.15) is 25.8 Å². The number of carbonyl (C=O) groups is 1. The first-order chi connectivity index (χ1) is 9.99. The maximum atomic E-state index is 11.8. The second-order valence-electron chi connectivity index (χ2n) is 4.54. The molecule has 1 aromatic rings. The first-order valence-corrected chi connectivity index (χ1v) is 7.28. The molecule has 0 saturated heterocycles. The summed E-state index contributed by atoms with van der Waals surface area (Å²) in [5, 5.41) is 14.0. The van der Waals surface area contributed by atoms with Crippen molar-refractivity contribution in [3.05, 3.63) is 38.9 Å². The Morgan fingerprint density at radius 1 is 1.38 bits per heavy atom. The number of hydrogen-bond donors (Lipinski definition) is 1. The molecule has 1 N–H and O–H groups in total. The molecule has 0 saturated carbocycles. The van der Waals surface area contributed by atoms with Gasteiger partial charge in [-0.05, 0) is 25.5 Å². The molecule has 0 spiro atoms. The zero-order chi connectivity index (χ0) is 15.8. The molecule has 1 amide bonds. The minimum absolute atomic E-state index is 0.102. The number of rotatable bonds is 8. The van der Waals surface area contributed by atoms with E-state index >= 15 is 0 Å². The molecule has 7 heteroatoms. The lowest BCUT2D eigenvalue weighted by molar-refractivity contribution is -0.384. The molecular formula is C14H20ClN3O3. The third-order valence-electron chi connectivity index (χ3n) is 3.17. The van der Waals surface area contributed by atoms with Crippen LogP contribution < -0.4 is 5.32 Å². The molecule has 0 atom stereocenters. The molecule has 0 bridgehead atoms. The second-order valence-corrected chi connectivity index (χ2v) is 4.94. The molecule has 0 radical (unpaired) electrons. The summed E-state index contributed by atoms with van der Waals surface area (Å²) in [5.74, 6) is 0.106. The highest BCUT2D eigenvalue weighted by Crippen LogP contribution is 2.24. The van der Waals surface area contributed by atoms with Gasteiger partial charge in [0.1, 0.15) is 5.02 Å². The van der Waals surface area contributed by atoms with E-state index in [0.717, 1.165) is 5.56 Å². The standard InChI is InChI=1S/C14H20ClN3O3/c1-3-17(4-2)14(19)7-8-16-10-11-5-6-12(15)13(9-11)18(20)21/h5-6,9,16H,3-4,7-8,10H2,1-2H3. The van der Waals surface area contributed by atoms with E-state index in [0.29, 0.717) is 32.6 Å². The number of carbonyl (C=O) groups excluding carboxylic acids is 1. The lowest BCUT2D eigenvalue weighted by Crippen LogP contribution is -2.32. The molecule has 0 heterocycles. The molecule has 116 valence electrons. The van der Waals surface area contributed by atoms with Crippen LogP contribution in [0.5, 0.6) is 0 Å². The molecular weight excluding hydrogens is 294 g/mol. The Balaban J connectivity index is 2.45. The summed E-state index contributed by atoms with van der Waals surface area (Å²) in [6.45, 7) is 6.30. The predicted molar refractivity (Wildman–Crippen MR) is 82.4 cm³/mol. The van der Waals surface area contributed by atoms with E-state index in [2.05, 4.69) is 5.32 Å². The zero-order valence-corrected chi connectivity index (χ0v) is 13.0. The quantitative estimate of drug-likeness (QED) is 0.455. The Morgan fingerprint density at radius 2 is 2.05 bits per heavy atom. The van der Waals surface area contributed by atoms with Crippen LogP contribution in [0.2, 0.25) is 5.02 Å². The van der Waals surface area contributed by atoms with Crippen molar-refractivity contribution in [1.82, 2.24) is 10.2 Å². The van der Waals surface area contributed by atoms with Gasteiger partial charge in [0.2, 0.25) is 5.91 Å². The van der Waals surface area contributed by atoms with Gasteiger partial charge in [-0.15, -0.1) is 0 Å². The highest BCUT2D eigenvalue weighted by molar-refractivity contribution is 6.32. The minimum atomic E-state index is -0.504. The average Bonchev–Trinajstić information content (AvgIpc) is 2.46. The number of benzene rings is 1. The van der Waals surface area contributed by atoms with Crippen molar-refractivity contribution in [3.63, 3.8) is 0 Å². The zero-order valence-electron chi connectivity index (χ0n) is 12.3. The van der Waals surface area contributed by atoms with Crippen LogP contribution in [0.3, 0.4) is 0 Å². The maximum absolute atomic E-state index is 11.8. The number of nitro groups is 1. The summed E-state index contributed by atoms with van der Waals surface area (Å²) in [4.78, 5) is 23.8. The van der Waals surface area contributed by atoms with Crippen LogP contribution in [0.15, 0.2) is 18.2 Å². The molecule has 1 aromatic carbocycles. The van der Waals surface area contributed by atoms with Gasteiger partial charge in [0.15, 0.2) is 0 Å². The van der Waals surface area contributed by atoms with Crippen LogP contribution in [0.4, 0.5) is 5.69 Å². The Morgan fingerprint density at radius 3 is 2.62 bits per heavy atom. The van der Waals surface area contributed by atoms with Gasteiger partial charge >= 0.3 is 0 Å². The Bertz CT molecular complexity index is 504. The van der Waals surface area contributed by atoms with Crippen molar-refractivity contribution in [1.29, 1.82) is 0 Å². The summed E-state index contributed by atoms with van der Waals surface area (Å²) in [6.07, 6.45) is 0.414. The summed E-state index contributed by atoms with van der Waals surface area (Å²) in [6, 6.07) is 4.69. The van der Waals surface area contributed by atoms with Crippen molar-refractivity contribution in [2.75, 3.05) is 19.6 Å². The molecule has 0 aliphatic rings. The van der Waals surface area contributed by atoms with Crippen molar-refractivity contribution in [2.45, 2.75) is 26.8 Å². The van der Waals surface area contributed by atoms with Crippen molar-refractivity contribution >= 4 is 23.2 Å². The predicted octanol–water partition coefficient (Wildman–Crippen LogP) is 2.60. The highest BCUT2D eigenvalue weighted by Gasteiger charge is 2.13. The summed E-state index contributed by atoms with van der Waals surface area (Å²) in [7, 11) is 0. The number of nitro benzene ring substituents is 1. The van der Waals surface area contributed by atoms with Gasteiger partial charge in [0.05, 0.1) is 4.92 Å². The lowest BCUT2D eigenvalue weighted by Gasteiger charge is -2.18. The third kappa shape index (κ3) is 5.32. The summed E-state index contributed by atoms with van der Waals surface area (Å²) in [5.41, 5.74) is 0.663. The van der Waals surface area contributed by atoms with Crippen LogP contribution in [0.25, 0.3) is 0 Å². The van der Waals surface area contributed by atoms with E-state index < -0.39 is 4.92 Å². The average molecular weight is 314 g/mol. The first-order valence-electron chi connectivity index (χ1n) is 6.90. The van der Waals surface area contributed by atoms with Crippen LogP contribution in [0, 0.1) is 10.1 Å². The Labute approximate surface area is 129 Å². The first kappa shape index (κ1) is 17.4. The van der Waals surface area contributed by atoms with Gasteiger partial charge in [0.25, 0.3) is 5.69 Å². The van der Waals surface area contributed by atoms with E-state index in [-0.39, 0.29) is 16.6 Å². The SMILES string of the molecule is CCN(CC)C(=O)CCNCc1ccc(Cl)c([N+](=O)[O-])c1. The Kier molecular flexibility index (Phi) is 7.11. The van der Waals surface area contributed by atoms with Crippen molar-refractivity contribution < 1.29 is 9.72 Å². The largest absolute Gasteiger partial charge is 0.343 e. The van der Waals surface area contributed by atoms with Gasteiger partial charge in [0, 0.05) is 38.7 Å². The molecule has 0 unspecified atom stereocenters. The van der Waals surface area contributed by atoms with E-state index in [1.54, 1.807) is 11.0 Å². The fraction of sp³-hybridized carbons (Fsp3) is 0.500. The number of amides is 1. The third-order valence-corrected chi connectivity index (χ3v) is 3.49. The fourth-order valence-electron chi connectivity index (χ4n) is 1.97. The Hall–Kier alpha value is -1.66. The van der Waals surface area contributed by atoms with Gasteiger partial charge in [-0.1, -0.05) is 17.7 Å². The van der Waals surface area contributed by atoms with Crippen LogP contribution in [-0.2, 0) is 11.3 Å². The molecule has 0 aliphatic heterocycles. The molecule has 1 rings (SSSR count). The topological polar surface area (TPSA) is 75.5 Å². The monoisotopic (exact) mass is 313 g/mol. The van der Waals surface area contributed by atoms with Gasteiger partial charge in [-0.3, -0.25) is 14.9 Å². The molecule has 0 aliphatic carbocycles. The van der Waals surface area contributed by atoms with E-state index in [4.69, 9.17) is 11.6 Å². The lowest BCUT2D eigenvalue weighted by atomic mass is 10.2. The maximum Gasteiger partial charge on any atom is 0.288 e. The number of nitrogens with one attached hydrogen (secondary N) is 1. The second kappa shape index (κ2) is 8.59. The smallest absolute Gasteiger partial charge is 0.288 e. The summed E-state index contributed by atoms with van der Waals surface area (Å²) < 4.78 is 0. The minimum Gasteiger partial charge on any atom is -0.343 e. The molecule has 6 nitrogen and oxygen atoms in total. The fourth-order valence-corrected chi connectivity index (χ4v) is 2.16. The molecule has 21 heavy (non-hydrogen) atoms. The number of nitrogens with zero attached hydrogens (tertiary/aromatic N) is 2. The summed E-state index contributed by atoms with van der Waals surface area (Å²) >= 11 is 5.75. The van der Waals surface area contributed by atoms with E-state index in [1.165, 1.54) is 12.1 Å². The van der Waals surface area contributed by atoms with Gasteiger partial charge < -0.3 is 10.2 Å². The van der Waals surface area contributed by atoms with Crippen LogP contribution in [-0.4, -0.2) is 35.4 Å².